The molecule has 0 saturated heterocycles. The molecular formula is C10H15NO. The van der Waals surface area contributed by atoms with Crippen LogP contribution < -0.4 is 5.32 Å². The van der Waals surface area contributed by atoms with Gasteiger partial charge in [-0.3, -0.25) is 4.79 Å². The van der Waals surface area contributed by atoms with Crippen LogP contribution in [0.5, 0.6) is 0 Å². The minimum atomic E-state index is 0.0443. The van der Waals surface area contributed by atoms with Crippen LogP contribution in [0.3, 0.4) is 0 Å². The van der Waals surface area contributed by atoms with E-state index in [4.69, 9.17) is 0 Å². The second-order valence-electron chi connectivity index (χ2n) is 2.97. The number of hydrogen-bond acceptors (Lipinski definition) is 1. The lowest BCUT2D eigenvalue weighted by Crippen LogP contribution is -2.21. The van der Waals surface area contributed by atoms with Gasteiger partial charge in [-0.25, -0.2) is 0 Å². The fourth-order valence-corrected chi connectivity index (χ4v) is 1.04. The summed E-state index contributed by atoms with van der Waals surface area (Å²) in [6, 6.07) is 0. The maximum Gasteiger partial charge on any atom is 0.244 e. The molecule has 2 nitrogen and oxygen atoms in total. The maximum absolute atomic E-state index is 11.1. The van der Waals surface area contributed by atoms with Crippen molar-refractivity contribution in [2.45, 2.75) is 26.2 Å². The molecule has 0 bridgehead atoms. The molecule has 1 aliphatic rings. The smallest absolute Gasteiger partial charge is 0.244 e. The van der Waals surface area contributed by atoms with Crippen LogP contribution in [0.1, 0.15) is 26.2 Å². The molecule has 0 aromatic carbocycles. The summed E-state index contributed by atoms with van der Waals surface area (Å²) in [5.74, 6) is 0.0443. The highest BCUT2D eigenvalue weighted by atomic mass is 16.1. The van der Waals surface area contributed by atoms with Gasteiger partial charge in [0.25, 0.3) is 0 Å². The van der Waals surface area contributed by atoms with Crippen LogP contribution in [0, 0.1) is 0 Å². The Morgan fingerprint density at radius 1 is 1.58 bits per heavy atom. The summed E-state index contributed by atoms with van der Waals surface area (Å²) in [6.07, 6.45) is 9.04. The second kappa shape index (κ2) is 4.75. The first kappa shape index (κ1) is 9.04. The molecular weight excluding hydrogens is 150 g/mol. The van der Waals surface area contributed by atoms with E-state index in [1.54, 1.807) is 6.08 Å². The Bertz CT molecular complexity index is 210. The van der Waals surface area contributed by atoms with Crippen LogP contribution in [0.4, 0.5) is 0 Å². The van der Waals surface area contributed by atoms with E-state index in [0.29, 0.717) is 6.54 Å². The number of nitrogens with one attached hydrogen (secondary N) is 1. The molecule has 0 heterocycles. The van der Waals surface area contributed by atoms with Crippen molar-refractivity contribution >= 4 is 5.91 Å². The van der Waals surface area contributed by atoms with E-state index in [9.17, 15) is 4.79 Å². The number of amides is 1. The van der Waals surface area contributed by atoms with E-state index in [0.717, 1.165) is 12.8 Å². The van der Waals surface area contributed by atoms with Gasteiger partial charge in [-0.1, -0.05) is 17.7 Å². The number of allylic oxidation sites excluding steroid dienone is 2. The molecule has 12 heavy (non-hydrogen) atoms. The van der Waals surface area contributed by atoms with Gasteiger partial charge in [0.15, 0.2) is 0 Å². The SMILES string of the molecule is C/C=C/CNC(=O)C=C1CCC1. The average molecular weight is 165 g/mol. The quantitative estimate of drug-likeness (QED) is 0.501. The van der Waals surface area contributed by atoms with Crippen molar-refractivity contribution in [2.24, 2.45) is 0 Å². The zero-order valence-corrected chi connectivity index (χ0v) is 7.47. The van der Waals surface area contributed by atoms with Crippen LogP contribution in [-0.2, 0) is 4.79 Å². The highest BCUT2D eigenvalue weighted by Gasteiger charge is 2.09. The summed E-state index contributed by atoms with van der Waals surface area (Å²) >= 11 is 0. The molecule has 0 aliphatic heterocycles. The van der Waals surface area contributed by atoms with Gasteiger partial charge in [-0.05, 0) is 26.2 Å². The molecule has 1 amide bonds. The van der Waals surface area contributed by atoms with Gasteiger partial charge < -0.3 is 5.32 Å². The monoisotopic (exact) mass is 165 g/mol. The number of hydrogen-bond donors (Lipinski definition) is 1. The van der Waals surface area contributed by atoms with Gasteiger partial charge in [0.2, 0.25) is 5.91 Å². The van der Waals surface area contributed by atoms with Crippen LogP contribution in [-0.4, -0.2) is 12.5 Å². The third kappa shape index (κ3) is 2.91. The number of carbonyl (C=O) groups excluding carboxylic acids is 1. The molecule has 1 fully saturated rings. The summed E-state index contributed by atoms with van der Waals surface area (Å²) in [6.45, 7) is 2.58. The standard InChI is InChI=1S/C10H15NO/c1-2-3-7-11-10(12)8-9-5-4-6-9/h2-3,8H,4-7H2,1H3,(H,11,12)/b3-2+. The minimum Gasteiger partial charge on any atom is -0.349 e. The average Bonchev–Trinajstić information content (AvgIpc) is 1.98. The fraction of sp³-hybridized carbons (Fsp3) is 0.500. The fourth-order valence-electron chi connectivity index (χ4n) is 1.04. The van der Waals surface area contributed by atoms with Crippen molar-refractivity contribution in [3.05, 3.63) is 23.8 Å². The number of carbonyl (C=O) groups is 1. The Balaban J connectivity index is 2.19. The van der Waals surface area contributed by atoms with Crippen molar-refractivity contribution in [3.8, 4) is 0 Å². The van der Waals surface area contributed by atoms with E-state index in [1.165, 1.54) is 12.0 Å². The molecule has 0 unspecified atom stereocenters. The Labute approximate surface area is 73.4 Å². The van der Waals surface area contributed by atoms with Crippen LogP contribution >= 0.6 is 0 Å². The second-order valence-corrected chi connectivity index (χ2v) is 2.97. The van der Waals surface area contributed by atoms with Gasteiger partial charge in [0.1, 0.15) is 0 Å². The lowest BCUT2D eigenvalue weighted by molar-refractivity contribution is -0.116. The molecule has 0 spiro atoms. The summed E-state index contributed by atoms with van der Waals surface area (Å²) in [7, 11) is 0. The van der Waals surface area contributed by atoms with Gasteiger partial charge in [-0.15, -0.1) is 0 Å². The van der Waals surface area contributed by atoms with Crippen LogP contribution in [0.15, 0.2) is 23.8 Å². The largest absolute Gasteiger partial charge is 0.349 e. The molecule has 0 atom stereocenters. The van der Waals surface area contributed by atoms with Gasteiger partial charge >= 0.3 is 0 Å². The molecule has 0 aromatic rings. The molecule has 0 aromatic heterocycles. The highest BCUT2D eigenvalue weighted by Crippen LogP contribution is 2.24. The van der Waals surface area contributed by atoms with Gasteiger partial charge in [-0.2, -0.15) is 0 Å². The highest BCUT2D eigenvalue weighted by molar-refractivity contribution is 5.88. The molecule has 66 valence electrons. The molecule has 1 saturated carbocycles. The summed E-state index contributed by atoms with van der Waals surface area (Å²) in [5.41, 5.74) is 1.29. The van der Waals surface area contributed by atoms with Crippen LogP contribution in [0.25, 0.3) is 0 Å². The van der Waals surface area contributed by atoms with Gasteiger partial charge in [0, 0.05) is 12.6 Å². The molecule has 2 heteroatoms. The van der Waals surface area contributed by atoms with Crippen molar-refractivity contribution in [1.82, 2.24) is 5.32 Å². The molecule has 1 aliphatic carbocycles. The Kier molecular flexibility index (Phi) is 3.58. The van der Waals surface area contributed by atoms with E-state index in [1.807, 2.05) is 19.1 Å². The van der Waals surface area contributed by atoms with Crippen molar-refractivity contribution < 1.29 is 4.79 Å². The van der Waals surface area contributed by atoms with Crippen molar-refractivity contribution in [2.75, 3.05) is 6.54 Å². The summed E-state index contributed by atoms with van der Waals surface area (Å²) in [4.78, 5) is 11.1. The zero-order chi connectivity index (χ0) is 8.81. The summed E-state index contributed by atoms with van der Waals surface area (Å²) in [5, 5.41) is 2.78. The Morgan fingerprint density at radius 2 is 2.33 bits per heavy atom. The Hall–Kier alpha value is -1.05. The zero-order valence-electron chi connectivity index (χ0n) is 7.47. The first-order chi connectivity index (χ1) is 5.83. The minimum absolute atomic E-state index is 0.0443. The molecule has 1 rings (SSSR count). The Morgan fingerprint density at radius 3 is 2.83 bits per heavy atom. The lowest BCUT2D eigenvalue weighted by atomic mass is 9.92. The predicted molar refractivity (Wildman–Crippen MR) is 49.8 cm³/mol. The first-order valence-electron chi connectivity index (χ1n) is 4.41. The van der Waals surface area contributed by atoms with E-state index >= 15 is 0 Å². The van der Waals surface area contributed by atoms with E-state index < -0.39 is 0 Å². The normalized spacial score (nSPS) is 15.9. The van der Waals surface area contributed by atoms with E-state index in [2.05, 4.69) is 5.32 Å². The van der Waals surface area contributed by atoms with E-state index in [-0.39, 0.29) is 5.91 Å². The predicted octanol–water partition coefficient (Wildman–Crippen LogP) is 1.79. The third-order valence-electron chi connectivity index (χ3n) is 1.96. The first-order valence-corrected chi connectivity index (χ1v) is 4.41. The maximum atomic E-state index is 11.1. The lowest BCUT2D eigenvalue weighted by Gasteiger charge is -2.15. The number of rotatable bonds is 3. The molecule has 0 radical (unpaired) electrons. The van der Waals surface area contributed by atoms with Crippen LogP contribution in [0.2, 0.25) is 0 Å². The third-order valence-corrected chi connectivity index (χ3v) is 1.96. The van der Waals surface area contributed by atoms with Gasteiger partial charge in [0.05, 0.1) is 0 Å². The molecule has 1 N–H and O–H groups in total. The van der Waals surface area contributed by atoms with Crippen molar-refractivity contribution in [3.63, 3.8) is 0 Å². The van der Waals surface area contributed by atoms with Crippen molar-refractivity contribution in [1.29, 1.82) is 0 Å². The summed E-state index contributed by atoms with van der Waals surface area (Å²) < 4.78 is 0. The topological polar surface area (TPSA) is 29.1 Å².